The summed E-state index contributed by atoms with van der Waals surface area (Å²) in [5.74, 6) is 1.29. The summed E-state index contributed by atoms with van der Waals surface area (Å²) in [5, 5.41) is 4.42. The van der Waals surface area contributed by atoms with Crippen molar-refractivity contribution in [1.82, 2.24) is 4.98 Å². The maximum Gasteiger partial charge on any atom is 0.153 e. The van der Waals surface area contributed by atoms with Crippen LogP contribution >= 0.6 is 34.9 Å². The normalized spacial score (nSPS) is 27.6. The number of ketones is 1. The summed E-state index contributed by atoms with van der Waals surface area (Å²) in [6.45, 7) is 10.9. The number of nitrogens with zero attached hydrogens (tertiary/aromatic N) is 1. The van der Waals surface area contributed by atoms with Crippen molar-refractivity contribution in [3.8, 4) is 0 Å². The highest BCUT2D eigenvalue weighted by molar-refractivity contribution is 8.08. The SMILES string of the molecule is CC1SCC(C(=O)Cc2nc(C(C)(C)C)cs2)SC1C. The molecule has 1 fully saturated rings. The molecule has 3 atom stereocenters. The highest BCUT2D eigenvalue weighted by Gasteiger charge is 2.30. The van der Waals surface area contributed by atoms with Crippen molar-refractivity contribution < 1.29 is 4.79 Å². The quantitative estimate of drug-likeness (QED) is 0.832. The Morgan fingerprint density at radius 1 is 1.35 bits per heavy atom. The Labute approximate surface area is 134 Å². The molecule has 1 aliphatic rings. The van der Waals surface area contributed by atoms with Crippen LogP contribution in [-0.2, 0) is 16.6 Å². The molecule has 0 N–H and O–H groups in total. The van der Waals surface area contributed by atoms with Gasteiger partial charge >= 0.3 is 0 Å². The first kappa shape index (κ1) is 16.4. The van der Waals surface area contributed by atoms with Crippen LogP contribution in [0.5, 0.6) is 0 Å². The molecule has 1 aromatic rings. The van der Waals surface area contributed by atoms with Crippen LogP contribution in [0.2, 0.25) is 0 Å². The van der Waals surface area contributed by atoms with Gasteiger partial charge in [0.1, 0.15) is 5.01 Å². The van der Waals surface area contributed by atoms with E-state index in [1.165, 1.54) is 0 Å². The summed E-state index contributed by atoms with van der Waals surface area (Å²) in [4.78, 5) is 17.0. The van der Waals surface area contributed by atoms with E-state index in [-0.39, 0.29) is 10.7 Å². The van der Waals surface area contributed by atoms with Gasteiger partial charge in [-0.3, -0.25) is 4.79 Å². The van der Waals surface area contributed by atoms with E-state index in [2.05, 4.69) is 45.0 Å². The predicted octanol–water partition coefficient (Wildman–Crippen LogP) is 4.18. The van der Waals surface area contributed by atoms with E-state index in [4.69, 9.17) is 0 Å². The number of hydrogen-bond donors (Lipinski definition) is 0. The zero-order chi connectivity index (χ0) is 14.9. The zero-order valence-electron chi connectivity index (χ0n) is 12.8. The maximum atomic E-state index is 12.4. The highest BCUT2D eigenvalue weighted by Crippen LogP contribution is 2.36. The van der Waals surface area contributed by atoms with Crippen LogP contribution in [0, 0.1) is 0 Å². The lowest BCUT2D eigenvalue weighted by Gasteiger charge is -2.30. The van der Waals surface area contributed by atoms with Gasteiger partial charge in [0.05, 0.1) is 17.4 Å². The number of hydrogen-bond acceptors (Lipinski definition) is 5. The lowest BCUT2D eigenvalue weighted by molar-refractivity contribution is -0.117. The summed E-state index contributed by atoms with van der Waals surface area (Å²) in [5.41, 5.74) is 1.16. The van der Waals surface area contributed by atoms with Gasteiger partial charge in [-0.05, 0) is 0 Å². The van der Waals surface area contributed by atoms with E-state index in [0.717, 1.165) is 16.5 Å². The predicted molar refractivity (Wildman–Crippen MR) is 92.3 cm³/mol. The van der Waals surface area contributed by atoms with Crippen molar-refractivity contribution in [3.63, 3.8) is 0 Å². The Morgan fingerprint density at radius 2 is 2.05 bits per heavy atom. The van der Waals surface area contributed by atoms with Crippen molar-refractivity contribution >= 4 is 40.6 Å². The molecule has 0 spiro atoms. The minimum Gasteiger partial charge on any atom is -0.298 e. The lowest BCUT2D eigenvalue weighted by atomic mass is 9.93. The van der Waals surface area contributed by atoms with Crippen molar-refractivity contribution in [2.24, 2.45) is 0 Å². The molecular formula is C15H23NOS3. The summed E-state index contributed by atoms with van der Waals surface area (Å²) >= 11 is 5.39. The molecule has 0 bridgehead atoms. The molecule has 2 nitrogen and oxygen atoms in total. The standard InChI is InChI=1S/C15H23NOS3/c1-9-10(2)20-12(7-18-9)11(17)6-14-16-13(8-19-14)15(3,4)5/h8-10,12H,6-7H2,1-5H3. The van der Waals surface area contributed by atoms with Crippen LogP contribution in [-0.4, -0.2) is 32.3 Å². The molecule has 0 aromatic carbocycles. The number of rotatable bonds is 3. The third-order valence-electron chi connectivity index (χ3n) is 3.56. The largest absolute Gasteiger partial charge is 0.298 e. The van der Waals surface area contributed by atoms with Gasteiger partial charge in [0.2, 0.25) is 0 Å². The number of carbonyl (C=O) groups is 1. The van der Waals surface area contributed by atoms with E-state index < -0.39 is 0 Å². The number of thiazole rings is 1. The van der Waals surface area contributed by atoms with Gasteiger partial charge in [-0.2, -0.15) is 11.8 Å². The van der Waals surface area contributed by atoms with Crippen LogP contribution in [0.15, 0.2) is 5.38 Å². The van der Waals surface area contributed by atoms with Gasteiger partial charge in [0.25, 0.3) is 0 Å². The Balaban J connectivity index is 1.96. The van der Waals surface area contributed by atoms with Crippen LogP contribution < -0.4 is 0 Å². The Hall–Kier alpha value is -0.000000000000000111. The van der Waals surface area contributed by atoms with Gasteiger partial charge in [-0.1, -0.05) is 34.6 Å². The zero-order valence-corrected chi connectivity index (χ0v) is 15.3. The second-order valence-corrected chi connectivity index (χ2v) is 10.3. The minimum absolute atomic E-state index is 0.0667. The van der Waals surface area contributed by atoms with E-state index in [1.807, 2.05) is 23.5 Å². The highest BCUT2D eigenvalue weighted by atomic mass is 32.2. The molecule has 0 amide bonds. The first-order valence-electron chi connectivity index (χ1n) is 7.02. The van der Waals surface area contributed by atoms with E-state index >= 15 is 0 Å². The third kappa shape index (κ3) is 4.01. The van der Waals surface area contributed by atoms with Crippen LogP contribution in [0.25, 0.3) is 0 Å². The first-order chi connectivity index (χ1) is 9.27. The monoisotopic (exact) mass is 329 g/mol. The molecule has 112 valence electrons. The average Bonchev–Trinajstić information content (AvgIpc) is 2.81. The Bertz CT molecular complexity index is 478. The number of thioether (sulfide) groups is 2. The fourth-order valence-corrected chi connectivity index (χ4v) is 5.87. The van der Waals surface area contributed by atoms with Crippen LogP contribution in [0.4, 0.5) is 0 Å². The Kier molecular flexibility index (Phi) is 5.24. The molecule has 1 aromatic heterocycles. The second-order valence-electron chi connectivity index (χ2n) is 6.39. The molecule has 5 heteroatoms. The van der Waals surface area contributed by atoms with Crippen molar-refractivity contribution in [1.29, 1.82) is 0 Å². The molecular weight excluding hydrogens is 306 g/mol. The summed E-state index contributed by atoms with van der Waals surface area (Å²) in [6, 6.07) is 0. The fourth-order valence-electron chi connectivity index (χ4n) is 1.95. The van der Waals surface area contributed by atoms with E-state index in [0.29, 0.717) is 22.7 Å². The minimum atomic E-state index is 0.0667. The average molecular weight is 330 g/mol. The summed E-state index contributed by atoms with van der Waals surface area (Å²) < 4.78 is 0. The lowest BCUT2D eigenvalue weighted by Crippen LogP contribution is -2.32. The van der Waals surface area contributed by atoms with Crippen LogP contribution in [0.1, 0.15) is 45.3 Å². The maximum absolute atomic E-state index is 12.4. The smallest absolute Gasteiger partial charge is 0.153 e. The molecule has 0 aliphatic carbocycles. The third-order valence-corrected chi connectivity index (χ3v) is 7.84. The van der Waals surface area contributed by atoms with Crippen molar-refractivity contribution in [3.05, 3.63) is 16.1 Å². The molecule has 2 rings (SSSR count). The molecule has 1 aliphatic heterocycles. The van der Waals surface area contributed by atoms with Gasteiger partial charge in [-0.25, -0.2) is 4.98 Å². The molecule has 3 unspecified atom stereocenters. The Morgan fingerprint density at radius 3 is 2.60 bits per heavy atom. The molecule has 0 radical (unpaired) electrons. The van der Waals surface area contributed by atoms with Gasteiger partial charge in [0.15, 0.2) is 5.78 Å². The molecule has 20 heavy (non-hydrogen) atoms. The summed E-state index contributed by atoms with van der Waals surface area (Å²) in [6.07, 6.45) is 0.500. The van der Waals surface area contributed by atoms with Gasteiger partial charge < -0.3 is 0 Å². The fraction of sp³-hybridized carbons (Fsp3) is 0.733. The van der Waals surface area contributed by atoms with E-state index in [9.17, 15) is 4.79 Å². The molecule has 2 heterocycles. The van der Waals surface area contributed by atoms with Gasteiger partial charge in [-0.15, -0.1) is 23.1 Å². The number of Topliss-reactive ketones (excluding diaryl/α,β-unsaturated/α-hetero) is 1. The second kappa shape index (κ2) is 6.41. The number of carbonyl (C=O) groups excluding carboxylic acids is 1. The molecule has 1 saturated heterocycles. The molecule has 0 saturated carbocycles. The van der Waals surface area contributed by atoms with Crippen molar-refractivity contribution in [2.75, 3.05) is 5.75 Å². The first-order valence-corrected chi connectivity index (χ1v) is 9.89. The van der Waals surface area contributed by atoms with Crippen molar-refractivity contribution in [2.45, 2.75) is 62.2 Å². The topological polar surface area (TPSA) is 30.0 Å². The summed E-state index contributed by atoms with van der Waals surface area (Å²) in [7, 11) is 0. The van der Waals surface area contributed by atoms with E-state index in [1.54, 1.807) is 11.3 Å². The van der Waals surface area contributed by atoms with Crippen LogP contribution in [0.3, 0.4) is 0 Å². The van der Waals surface area contributed by atoms with Gasteiger partial charge in [0, 0.05) is 27.0 Å². The number of aromatic nitrogens is 1.